The van der Waals surface area contributed by atoms with Gasteiger partial charge >= 0.3 is 0 Å². The van der Waals surface area contributed by atoms with E-state index in [9.17, 15) is 0 Å². The van der Waals surface area contributed by atoms with E-state index in [4.69, 9.17) is 22.1 Å². The summed E-state index contributed by atoms with van der Waals surface area (Å²) in [5.41, 5.74) is 9.47. The van der Waals surface area contributed by atoms with Gasteiger partial charge in [0.1, 0.15) is 5.75 Å². The summed E-state index contributed by atoms with van der Waals surface area (Å²) in [5.74, 6) is 0.915. The van der Waals surface area contributed by atoms with E-state index in [0.717, 1.165) is 24.2 Å². The second kappa shape index (κ2) is 9.34. The van der Waals surface area contributed by atoms with Gasteiger partial charge in [-0.05, 0) is 43.0 Å². The molecule has 0 fully saturated rings. The minimum absolute atomic E-state index is 0. The molecule has 0 aliphatic heterocycles. The van der Waals surface area contributed by atoms with Crippen molar-refractivity contribution in [2.75, 3.05) is 13.2 Å². The van der Waals surface area contributed by atoms with Crippen LogP contribution in [-0.4, -0.2) is 13.2 Å². The second-order valence-electron chi connectivity index (χ2n) is 3.55. The van der Waals surface area contributed by atoms with Crippen LogP contribution in [-0.2, 0) is 6.42 Å². The zero-order valence-electron chi connectivity index (χ0n) is 9.99. The average molecular weight is 276 g/mol. The van der Waals surface area contributed by atoms with Crippen LogP contribution in [0.3, 0.4) is 0 Å². The minimum Gasteiger partial charge on any atom is -0.494 e. The molecule has 17 heavy (non-hydrogen) atoms. The molecule has 0 aliphatic carbocycles. The molecule has 0 heterocycles. The highest BCUT2D eigenvalue weighted by molar-refractivity contribution is 6.25. The van der Waals surface area contributed by atoms with Gasteiger partial charge in [0, 0.05) is 12.1 Å². The Hall–Kier alpha value is -0.700. The maximum Gasteiger partial charge on any atom is 0.119 e. The molecule has 0 saturated heterocycles. The van der Waals surface area contributed by atoms with Crippen LogP contribution in [0.25, 0.3) is 0 Å². The highest BCUT2D eigenvalue weighted by atomic mass is 35.5. The first-order chi connectivity index (χ1) is 7.80. The molecule has 2 nitrogen and oxygen atoms in total. The summed E-state index contributed by atoms with van der Waals surface area (Å²) >= 11 is 5.64. The molecular weight excluding hydrogens is 257 g/mol. The van der Waals surface area contributed by atoms with Crippen molar-refractivity contribution in [3.63, 3.8) is 0 Å². The number of hydrogen-bond acceptors (Lipinski definition) is 2. The third-order valence-corrected chi connectivity index (χ3v) is 2.69. The third kappa shape index (κ3) is 5.97. The van der Waals surface area contributed by atoms with Gasteiger partial charge in [0.25, 0.3) is 0 Å². The van der Waals surface area contributed by atoms with E-state index in [1.54, 1.807) is 5.54 Å². The first-order valence-corrected chi connectivity index (χ1v) is 5.93. The second-order valence-corrected chi connectivity index (χ2v) is 3.77. The van der Waals surface area contributed by atoms with Crippen LogP contribution in [0.5, 0.6) is 5.75 Å². The molecule has 0 radical (unpaired) electrons. The van der Waals surface area contributed by atoms with E-state index in [-0.39, 0.29) is 12.4 Å². The van der Waals surface area contributed by atoms with Crippen molar-refractivity contribution < 1.29 is 4.74 Å². The first-order valence-electron chi connectivity index (χ1n) is 5.50. The zero-order valence-corrected chi connectivity index (χ0v) is 11.6. The number of halogens is 2. The topological polar surface area (TPSA) is 35.2 Å². The van der Waals surface area contributed by atoms with Crippen LogP contribution >= 0.6 is 24.0 Å². The number of benzene rings is 1. The van der Waals surface area contributed by atoms with Crippen molar-refractivity contribution in [2.24, 2.45) is 5.73 Å². The molecule has 96 valence electrons. The van der Waals surface area contributed by atoms with E-state index < -0.39 is 0 Å². The number of nitrogens with two attached hydrogens (primary N) is 1. The minimum atomic E-state index is 0. The van der Waals surface area contributed by atoms with E-state index in [2.05, 4.69) is 12.1 Å². The van der Waals surface area contributed by atoms with Crippen LogP contribution in [0.1, 0.15) is 18.9 Å². The molecule has 0 saturated carbocycles. The van der Waals surface area contributed by atoms with Crippen LogP contribution < -0.4 is 10.5 Å². The molecule has 0 unspecified atom stereocenters. The Balaban J connectivity index is 0.00000256. The van der Waals surface area contributed by atoms with Crippen LogP contribution in [0.4, 0.5) is 0 Å². The summed E-state index contributed by atoms with van der Waals surface area (Å²) in [6.07, 6.45) is 1.87. The lowest BCUT2D eigenvalue weighted by molar-refractivity contribution is 0.340. The largest absolute Gasteiger partial charge is 0.494 e. The van der Waals surface area contributed by atoms with Gasteiger partial charge in [-0.2, -0.15) is 0 Å². The maximum atomic E-state index is 5.64. The lowest BCUT2D eigenvalue weighted by Gasteiger charge is -2.06. The van der Waals surface area contributed by atoms with Crippen LogP contribution in [0.2, 0.25) is 0 Å². The van der Waals surface area contributed by atoms with Crippen LogP contribution in [0, 0.1) is 0 Å². The molecule has 1 rings (SSSR count). The van der Waals surface area contributed by atoms with Gasteiger partial charge < -0.3 is 10.5 Å². The summed E-state index contributed by atoms with van der Waals surface area (Å²) in [5, 5.41) is 0. The lowest BCUT2D eigenvalue weighted by atomic mass is 10.1. The van der Waals surface area contributed by atoms with Crippen molar-refractivity contribution >= 4 is 24.0 Å². The Labute approximate surface area is 114 Å². The summed E-state index contributed by atoms with van der Waals surface area (Å²) in [4.78, 5) is 0. The molecule has 0 spiro atoms. The Morgan fingerprint density at radius 1 is 1.35 bits per heavy atom. The highest BCUT2D eigenvalue weighted by Gasteiger charge is 1.98. The number of rotatable bonds is 6. The van der Waals surface area contributed by atoms with Gasteiger partial charge in [-0.25, -0.2) is 0 Å². The van der Waals surface area contributed by atoms with Crippen molar-refractivity contribution in [1.29, 1.82) is 0 Å². The van der Waals surface area contributed by atoms with Gasteiger partial charge in [0.05, 0.1) is 6.61 Å². The van der Waals surface area contributed by atoms with E-state index in [0.29, 0.717) is 13.2 Å². The Morgan fingerprint density at radius 2 is 2.00 bits per heavy atom. The van der Waals surface area contributed by atoms with Crippen molar-refractivity contribution in [2.45, 2.75) is 19.8 Å². The van der Waals surface area contributed by atoms with Gasteiger partial charge in [-0.15, -0.1) is 12.4 Å². The van der Waals surface area contributed by atoms with E-state index in [1.165, 1.54) is 5.56 Å². The summed E-state index contributed by atoms with van der Waals surface area (Å²) in [6, 6.07) is 8.14. The van der Waals surface area contributed by atoms with Gasteiger partial charge in [0.15, 0.2) is 0 Å². The molecular formula is C13H19Cl2NO. The highest BCUT2D eigenvalue weighted by Crippen LogP contribution is 2.15. The maximum absolute atomic E-state index is 5.64. The number of hydrogen-bond donors (Lipinski definition) is 1. The van der Waals surface area contributed by atoms with Crippen molar-refractivity contribution in [3.05, 3.63) is 40.9 Å². The van der Waals surface area contributed by atoms with Gasteiger partial charge in [0.2, 0.25) is 0 Å². The van der Waals surface area contributed by atoms with Crippen molar-refractivity contribution in [1.82, 2.24) is 0 Å². The van der Waals surface area contributed by atoms with Crippen molar-refractivity contribution in [3.8, 4) is 5.75 Å². The monoisotopic (exact) mass is 275 g/mol. The standard InChI is InChI=1S/C13H18ClNO.ClH/c1-2-16-13-7-5-11(6-8-13)3-4-12(9-14)10-15;/h5-9H,2-4,10,15H2,1H3;1H. The first kappa shape index (κ1) is 16.3. The molecule has 0 bridgehead atoms. The normalized spacial score (nSPS) is 10.9. The fourth-order valence-electron chi connectivity index (χ4n) is 1.43. The molecule has 2 N–H and O–H groups in total. The molecule has 0 aromatic heterocycles. The number of aryl methyl sites for hydroxylation is 1. The number of ether oxygens (including phenoxy) is 1. The predicted octanol–water partition coefficient (Wildman–Crippen LogP) is 3.52. The van der Waals surface area contributed by atoms with Gasteiger partial charge in [-0.3, -0.25) is 0 Å². The predicted molar refractivity (Wildman–Crippen MR) is 76.2 cm³/mol. The third-order valence-electron chi connectivity index (χ3n) is 2.39. The van der Waals surface area contributed by atoms with Gasteiger partial charge in [-0.1, -0.05) is 23.7 Å². The Bertz CT molecular complexity index is 336. The zero-order chi connectivity index (χ0) is 11.8. The molecule has 1 aromatic carbocycles. The summed E-state index contributed by atoms with van der Waals surface area (Å²) in [7, 11) is 0. The molecule has 0 aliphatic rings. The van der Waals surface area contributed by atoms with E-state index in [1.807, 2.05) is 19.1 Å². The summed E-state index contributed by atoms with van der Waals surface area (Å²) in [6.45, 7) is 3.21. The lowest BCUT2D eigenvalue weighted by Crippen LogP contribution is -2.03. The van der Waals surface area contributed by atoms with E-state index >= 15 is 0 Å². The fraction of sp³-hybridized carbons (Fsp3) is 0.385. The summed E-state index contributed by atoms with van der Waals surface area (Å²) < 4.78 is 5.38. The molecule has 4 heteroatoms. The Kier molecular flexibility index (Phi) is 8.96. The SMILES string of the molecule is CCOc1ccc(CCC(=CCl)CN)cc1.Cl. The average Bonchev–Trinajstić information content (AvgIpc) is 2.33. The Morgan fingerprint density at radius 3 is 2.47 bits per heavy atom. The fourth-order valence-corrected chi connectivity index (χ4v) is 1.62. The molecule has 1 aromatic rings. The smallest absolute Gasteiger partial charge is 0.119 e. The molecule has 0 atom stereocenters. The molecule has 0 amide bonds. The quantitative estimate of drug-likeness (QED) is 0.862. The van der Waals surface area contributed by atoms with Crippen LogP contribution in [0.15, 0.2) is 35.4 Å².